The van der Waals surface area contributed by atoms with Crippen LogP contribution in [0.1, 0.15) is 63.6 Å². The third-order valence-electron chi connectivity index (χ3n) is 6.00. The molecule has 1 aliphatic carbocycles. The van der Waals surface area contributed by atoms with Crippen molar-refractivity contribution in [1.82, 2.24) is 19.9 Å². The van der Waals surface area contributed by atoms with Crippen LogP contribution >= 0.6 is 0 Å². The van der Waals surface area contributed by atoms with E-state index in [1.807, 2.05) is 30.3 Å². The fourth-order valence-corrected chi connectivity index (χ4v) is 4.45. The van der Waals surface area contributed by atoms with E-state index in [-0.39, 0.29) is 18.0 Å². The average Bonchev–Trinajstić information content (AvgIpc) is 3.22. The number of ether oxygens (including phenoxy) is 1. The maximum absolute atomic E-state index is 13.3. The maximum atomic E-state index is 13.3. The zero-order valence-electron chi connectivity index (χ0n) is 17.5. The van der Waals surface area contributed by atoms with Crippen LogP contribution in [0.5, 0.6) is 0 Å². The molecule has 1 aromatic carbocycles. The summed E-state index contributed by atoms with van der Waals surface area (Å²) in [6, 6.07) is 9.84. The lowest BCUT2D eigenvalue weighted by atomic mass is 9.94. The Morgan fingerprint density at radius 1 is 1.10 bits per heavy atom. The molecule has 1 atom stereocenters. The summed E-state index contributed by atoms with van der Waals surface area (Å²) in [4.78, 5) is 28.5. The third kappa shape index (κ3) is 3.67. The van der Waals surface area contributed by atoms with Crippen LogP contribution in [-0.2, 0) is 30.5 Å². The van der Waals surface area contributed by atoms with Gasteiger partial charge in [0.25, 0.3) is 5.91 Å². The van der Waals surface area contributed by atoms with Gasteiger partial charge in [0.2, 0.25) is 11.8 Å². The van der Waals surface area contributed by atoms with Crippen molar-refractivity contribution in [3.8, 4) is 0 Å². The first-order chi connectivity index (χ1) is 15.1. The molecule has 2 N–H and O–H groups in total. The molecule has 0 radical (unpaired) electrons. The largest absolute Gasteiger partial charge is 0.442 e. The molecule has 8 nitrogen and oxygen atoms in total. The lowest BCUT2D eigenvalue weighted by molar-refractivity contribution is 0.0719. The van der Waals surface area contributed by atoms with Gasteiger partial charge < -0.3 is 19.8 Å². The Bertz CT molecular complexity index is 1110. The van der Waals surface area contributed by atoms with Crippen molar-refractivity contribution in [3.05, 3.63) is 70.2 Å². The van der Waals surface area contributed by atoms with Crippen LogP contribution in [0.25, 0.3) is 0 Å². The van der Waals surface area contributed by atoms with E-state index in [9.17, 15) is 4.79 Å². The molecule has 31 heavy (non-hydrogen) atoms. The number of fused-ring (bicyclic) bond motifs is 2. The number of benzene rings is 1. The molecule has 1 amide bonds. The van der Waals surface area contributed by atoms with Crippen LogP contribution in [0, 0.1) is 0 Å². The number of hydrogen-bond acceptors (Lipinski definition) is 7. The van der Waals surface area contributed by atoms with Gasteiger partial charge in [0, 0.05) is 31.3 Å². The summed E-state index contributed by atoms with van der Waals surface area (Å²) >= 11 is 0. The van der Waals surface area contributed by atoms with E-state index in [0.29, 0.717) is 31.1 Å². The van der Waals surface area contributed by atoms with Crippen LogP contribution in [-0.4, -0.2) is 39.4 Å². The summed E-state index contributed by atoms with van der Waals surface area (Å²) in [7, 11) is 1.64. The molecular weight excluding hydrogens is 394 g/mol. The SMILES string of the molecule is COC(c1ccccc1)c1nc2c(o1)CCN(C(=O)c1nc(N)nc3c1CCCC3)C2. The molecule has 0 saturated heterocycles. The van der Waals surface area contributed by atoms with Gasteiger partial charge in [0.15, 0.2) is 6.10 Å². The molecule has 8 heteroatoms. The summed E-state index contributed by atoms with van der Waals surface area (Å²) in [5.41, 5.74) is 9.93. The van der Waals surface area contributed by atoms with Gasteiger partial charge in [-0.15, -0.1) is 0 Å². The lowest BCUT2D eigenvalue weighted by Gasteiger charge is -2.27. The maximum Gasteiger partial charge on any atom is 0.273 e. The minimum Gasteiger partial charge on any atom is -0.442 e. The van der Waals surface area contributed by atoms with E-state index in [1.165, 1.54) is 0 Å². The summed E-state index contributed by atoms with van der Waals surface area (Å²) in [6.45, 7) is 0.920. The van der Waals surface area contributed by atoms with Crippen LogP contribution in [0.4, 0.5) is 5.95 Å². The number of hydrogen-bond donors (Lipinski definition) is 1. The number of aromatic nitrogens is 3. The van der Waals surface area contributed by atoms with Crippen LogP contribution in [0.15, 0.2) is 34.7 Å². The first kappa shape index (κ1) is 19.7. The zero-order chi connectivity index (χ0) is 21.4. The molecule has 2 aliphatic rings. The van der Waals surface area contributed by atoms with Crippen LogP contribution in [0.2, 0.25) is 0 Å². The number of nitrogens with zero attached hydrogens (tertiary/aromatic N) is 4. The number of oxazole rings is 1. The number of carbonyl (C=O) groups is 1. The van der Waals surface area contributed by atoms with Crippen molar-refractivity contribution in [1.29, 1.82) is 0 Å². The molecule has 1 unspecified atom stereocenters. The fourth-order valence-electron chi connectivity index (χ4n) is 4.45. The Hall–Kier alpha value is -3.26. The van der Waals surface area contributed by atoms with Gasteiger partial charge in [0.1, 0.15) is 17.1 Å². The van der Waals surface area contributed by atoms with Crippen molar-refractivity contribution >= 4 is 11.9 Å². The van der Waals surface area contributed by atoms with Crippen molar-refractivity contribution in [2.75, 3.05) is 19.4 Å². The Morgan fingerprint density at radius 3 is 2.71 bits per heavy atom. The molecule has 2 aromatic heterocycles. The van der Waals surface area contributed by atoms with Crippen molar-refractivity contribution < 1.29 is 13.9 Å². The Morgan fingerprint density at radius 2 is 1.90 bits per heavy atom. The molecular formula is C23H25N5O3. The summed E-state index contributed by atoms with van der Waals surface area (Å²) in [5.74, 6) is 1.36. The molecule has 0 spiro atoms. The number of nitrogen functional groups attached to an aromatic ring is 1. The predicted octanol–water partition coefficient (Wildman–Crippen LogP) is 2.86. The Kier molecular flexibility index (Phi) is 5.15. The van der Waals surface area contributed by atoms with Crippen molar-refractivity contribution in [2.24, 2.45) is 0 Å². The molecule has 3 heterocycles. The minimum atomic E-state index is -0.385. The topological polar surface area (TPSA) is 107 Å². The van der Waals surface area contributed by atoms with E-state index in [4.69, 9.17) is 14.9 Å². The van der Waals surface area contributed by atoms with Gasteiger partial charge in [0.05, 0.1) is 6.54 Å². The average molecular weight is 419 g/mol. The van der Waals surface area contributed by atoms with Gasteiger partial charge in [-0.3, -0.25) is 4.79 Å². The molecule has 0 fully saturated rings. The molecule has 5 rings (SSSR count). The highest BCUT2D eigenvalue weighted by molar-refractivity contribution is 5.94. The standard InChI is InChI=1S/C23H25N5O3/c1-30-20(14-7-3-2-4-8-14)21-25-17-13-28(12-11-18(17)31-21)22(29)19-15-9-5-6-10-16(15)26-23(24)27-19/h2-4,7-8,20H,5-6,9-13H2,1H3,(H2,24,26,27). The van der Waals surface area contributed by atoms with Gasteiger partial charge >= 0.3 is 0 Å². The highest BCUT2D eigenvalue weighted by atomic mass is 16.5. The number of nitrogens with two attached hydrogens (primary N) is 1. The van der Waals surface area contributed by atoms with Gasteiger partial charge in [-0.25, -0.2) is 15.0 Å². The quantitative estimate of drug-likeness (QED) is 0.693. The molecule has 160 valence electrons. The Balaban J connectivity index is 1.41. The van der Waals surface area contributed by atoms with Crippen LogP contribution < -0.4 is 5.73 Å². The highest BCUT2D eigenvalue weighted by Crippen LogP contribution is 2.30. The second kappa shape index (κ2) is 8.11. The first-order valence-electron chi connectivity index (χ1n) is 10.6. The normalized spacial score (nSPS) is 16.5. The monoisotopic (exact) mass is 419 g/mol. The van der Waals surface area contributed by atoms with Gasteiger partial charge in [-0.1, -0.05) is 30.3 Å². The predicted molar refractivity (Wildman–Crippen MR) is 113 cm³/mol. The van der Waals surface area contributed by atoms with E-state index < -0.39 is 0 Å². The van der Waals surface area contributed by atoms with E-state index in [0.717, 1.165) is 54.0 Å². The Labute approximate surface area is 180 Å². The van der Waals surface area contributed by atoms with Gasteiger partial charge in [-0.05, 0) is 31.2 Å². The van der Waals surface area contributed by atoms with Crippen molar-refractivity contribution in [2.45, 2.75) is 44.8 Å². The fraction of sp³-hybridized carbons (Fsp3) is 0.391. The molecule has 3 aromatic rings. The van der Waals surface area contributed by atoms with Crippen LogP contribution in [0.3, 0.4) is 0 Å². The lowest BCUT2D eigenvalue weighted by Crippen LogP contribution is -2.37. The number of carbonyl (C=O) groups excluding carboxylic acids is 1. The number of methoxy groups -OCH3 is 1. The zero-order valence-corrected chi connectivity index (χ0v) is 17.5. The van der Waals surface area contributed by atoms with E-state index >= 15 is 0 Å². The molecule has 1 aliphatic heterocycles. The second-order valence-corrected chi connectivity index (χ2v) is 7.99. The smallest absolute Gasteiger partial charge is 0.273 e. The first-order valence-corrected chi connectivity index (χ1v) is 10.6. The van der Waals surface area contributed by atoms with E-state index in [2.05, 4.69) is 15.0 Å². The number of rotatable bonds is 4. The summed E-state index contributed by atoms with van der Waals surface area (Å²) < 4.78 is 11.7. The van der Waals surface area contributed by atoms with Crippen molar-refractivity contribution in [3.63, 3.8) is 0 Å². The number of anilines is 1. The molecule has 0 bridgehead atoms. The molecule has 0 saturated carbocycles. The second-order valence-electron chi connectivity index (χ2n) is 7.99. The van der Waals surface area contributed by atoms with E-state index in [1.54, 1.807) is 12.0 Å². The highest BCUT2D eigenvalue weighted by Gasteiger charge is 2.31. The summed E-state index contributed by atoms with van der Waals surface area (Å²) in [5, 5.41) is 0. The number of amides is 1. The summed E-state index contributed by atoms with van der Waals surface area (Å²) in [6.07, 6.45) is 3.98. The number of aryl methyl sites for hydroxylation is 1. The third-order valence-corrected chi connectivity index (χ3v) is 6.00. The minimum absolute atomic E-state index is 0.117. The van der Waals surface area contributed by atoms with Gasteiger partial charge in [-0.2, -0.15) is 0 Å².